The van der Waals surface area contributed by atoms with Crippen molar-refractivity contribution in [1.29, 1.82) is 0 Å². The quantitative estimate of drug-likeness (QED) is 0.924. The van der Waals surface area contributed by atoms with E-state index in [0.29, 0.717) is 12.1 Å². The zero-order valence-electron chi connectivity index (χ0n) is 14.0. The third-order valence-corrected chi connectivity index (χ3v) is 6.31. The van der Waals surface area contributed by atoms with Gasteiger partial charge in [0.1, 0.15) is 0 Å². The lowest BCUT2D eigenvalue weighted by Crippen LogP contribution is -2.17. The van der Waals surface area contributed by atoms with E-state index < -0.39 is 9.84 Å². The van der Waals surface area contributed by atoms with Crippen molar-refractivity contribution in [3.05, 3.63) is 46.8 Å². The van der Waals surface area contributed by atoms with Gasteiger partial charge in [-0.3, -0.25) is 9.48 Å². The Hall–Kier alpha value is -2.15. The summed E-state index contributed by atoms with van der Waals surface area (Å²) in [7, 11) is -2.99. The highest BCUT2D eigenvalue weighted by Gasteiger charge is 2.31. The van der Waals surface area contributed by atoms with Gasteiger partial charge in [-0.05, 0) is 50.5 Å². The number of sulfone groups is 1. The number of benzene rings is 1. The molecule has 1 atom stereocenters. The summed E-state index contributed by atoms with van der Waals surface area (Å²) in [4.78, 5) is 12.5. The lowest BCUT2D eigenvalue weighted by molar-refractivity contribution is 0.102. The van der Waals surface area contributed by atoms with Crippen molar-refractivity contribution in [2.75, 3.05) is 16.8 Å². The normalized spacial score (nSPS) is 19.4. The van der Waals surface area contributed by atoms with Crippen LogP contribution in [-0.2, 0) is 9.84 Å². The van der Waals surface area contributed by atoms with Gasteiger partial charge in [-0.25, -0.2) is 8.42 Å². The van der Waals surface area contributed by atoms with E-state index >= 15 is 0 Å². The Balaban J connectivity index is 1.82. The molecule has 1 unspecified atom stereocenters. The Morgan fingerprint density at radius 2 is 2.04 bits per heavy atom. The largest absolute Gasteiger partial charge is 0.320 e. The molecule has 1 aliphatic heterocycles. The fraction of sp³-hybridized carbons (Fsp3) is 0.412. The summed E-state index contributed by atoms with van der Waals surface area (Å²) < 4.78 is 25.0. The average Bonchev–Trinajstić information content (AvgIpc) is 3.06. The van der Waals surface area contributed by atoms with Crippen LogP contribution in [0.25, 0.3) is 0 Å². The zero-order valence-corrected chi connectivity index (χ0v) is 14.9. The predicted molar refractivity (Wildman–Crippen MR) is 93.1 cm³/mol. The predicted octanol–water partition coefficient (Wildman–Crippen LogP) is 2.42. The van der Waals surface area contributed by atoms with E-state index in [9.17, 15) is 13.2 Å². The summed E-state index contributed by atoms with van der Waals surface area (Å²) in [5.74, 6) is -0.0134. The van der Waals surface area contributed by atoms with Crippen LogP contribution in [0.5, 0.6) is 0 Å². The fourth-order valence-corrected chi connectivity index (χ4v) is 4.70. The van der Waals surface area contributed by atoms with E-state index in [-0.39, 0.29) is 23.5 Å². The van der Waals surface area contributed by atoms with Crippen LogP contribution in [0.4, 0.5) is 5.69 Å². The van der Waals surface area contributed by atoms with E-state index in [1.807, 2.05) is 39.0 Å². The van der Waals surface area contributed by atoms with Gasteiger partial charge in [0, 0.05) is 11.4 Å². The summed E-state index contributed by atoms with van der Waals surface area (Å²) in [6.45, 7) is 5.79. The highest BCUT2D eigenvalue weighted by Crippen LogP contribution is 2.25. The average molecular weight is 347 g/mol. The second-order valence-corrected chi connectivity index (χ2v) is 8.60. The summed E-state index contributed by atoms with van der Waals surface area (Å²) in [5, 5.41) is 7.23. The maximum absolute atomic E-state index is 12.5. The Kier molecular flexibility index (Phi) is 4.21. The lowest BCUT2D eigenvalue weighted by atomic mass is 10.1. The van der Waals surface area contributed by atoms with E-state index in [0.717, 1.165) is 22.5 Å². The number of nitrogens with zero attached hydrogens (tertiary/aromatic N) is 2. The zero-order chi connectivity index (χ0) is 17.5. The summed E-state index contributed by atoms with van der Waals surface area (Å²) in [6, 6.07) is 7.26. The maximum Gasteiger partial charge on any atom is 0.276 e. The van der Waals surface area contributed by atoms with Crippen LogP contribution in [0, 0.1) is 20.8 Å². The number of aryl methyl sites for hydroxylation is 2. The van der Waals surface area contributed by atoms with Crippen LogP contribution in [0.15, 0.2) is 24.3 Å². The first-order chi connectivity index (χ1) is 11.3. The minimum absolute atomic E-state index is 0.0908. The Morgan fingerprint density at radius 1 is 1.29 bits per heavy atom. The number of rotatable bonds is 3. The van der Waals surface area contributed by atoms with Crippen molar-refractivity contribution in [2.45, 2.75) is 33.2 Å². The lowest BCUT2D eigenvalue weighted by Gasteiger charge is -2.11. The molecule has 128 valence electrons. The summed E-state index contributed by atoms with van der Waals surface area (Å²) in [5.41, 5.74) is 3.98. The SMILES string of the molecule is Cc1cccc(NC(=O)c2cc(C)n(C3CCS(=O)(=O)C3)n2)c1C. The van der Waals surface area contributed by atoms with Crippen molar-refractivity contribution in [3.8, 4) is 0 Å². The molecule has 1 aromatic carbocycles. The topological polar surface area (TPSA) is 81.1 Å². The van der Waals surface area contributed by atoms with Gasteiger partial charge in [-0.1, -0.05) is 12.1 Å². The molecule has 2 heterocycles. The Labute approximate surface area is 141 Å². The molecule has 7 heteroatoms. The molecule has 3 rings (SSSR count). The number of anilines is 1. The number of carbonyl (C=O) groups excluding carboxylic acids is 1. The van der Waals surface area contributed by atoms with Crippen LogP contribution in [-0.4, -0.2) is 35.6 Å². The molecule has 2 aromatic rings. The van der Waals surface area contributed by atoms with Crippen molar-refractivity contribution in [1.82, 2.24) is 9.78 Å². The third kappa shape index (κ3) is 3.21. The number of hydrogen-bond acceptors (Lipinski definition) is 4. The first kappa shape index (κ1) is 16.7. The first-order valence-electron chi connectivity index (χ1n) is 7.91. The van der Waals surface area contributed by atoms with Gasteiger partial charge < -0.3 is 5.32 Å². The van der Waals surface area contributed by atoms with Gasteiger partial charge in [0.25, 0.3) is 5.91 Å². The molecular formula is C17H21N3O3S. The molecule has 1 aromatic heterocycles. The fourth-order valence-electron chi connectivity index (χ4n) is 3.01. The van der Waals surface area contributed by atoms with Crippen molar-refractivity contribution < 1.29 is 13.2 Å². The molecule has 0 bridgehead atoms. The van der Waals surface area contributed by atoms with Gasteiger partial charge in [-0.2, -0.15) is 5.10 Å². The highest BCUT2D eigenvalue weighted by molar-refractivity contribution is 7.91. The number of carbonyl (C=O) groups is 1. The van der Waals surface area contributed by atoms with Gasteiger partial charge in [-0.15, -0.1) is 0 Å². The summed E-state index contributed by atoms with van der Waals surface area (Å²) >= 11 is 0. The molecule has 24 heavy (non-hydrogen) atoms. The minimum Gasteiger partial charge on any atom is -0.320 e. The molecule has 0 saturated carbocycles. The number of nitrogens with one attached hydrogen (secondary N) is 1. The van der Waals surface area contributed by atoms with E-state index in [2.05, 4.69) is 10.4 Å². The molecule has 0 radical (unpaired) electrons. The molecule has 0 aliphatic carbocycles. The molecule has 1 saturated heterocycles. The van der Waals surface area contributed by atoms with Gasteiger partial charge >= 0.3 is 0 Å². The van der Waals surface area contributed by atoms with Gasteiger partial charge in [0.15, 0.2) is 15.5 Å². The van der Waals surface area contributed by atoms with Crippen molar-refractivity contribution >= 4 is 21.4 Å². The molecule has 6 nitrogen and oxygen atoms in total. The molecule has 1 fully saturated rings. The number of amides is 1. The van der Waals surface area contributed by atoms with Crippen LogP contribution in [0.1, 0.15) is 39.8 Å². The van der Waals surface area contributed by atoms with Crippen LogP contribution in [0.3, 0.4) is 0 Å². The smallest absolute Gasteiger partial charge is 0.276 e. The Morgan fingerprint density at radius 3 is 2.71 bits per heavy atom. The number of hydrogen-bond donors (Lipinski definition) is 1. The third-order valence-electron chi connectivity index (χ3n) is 4.56. The van der Waals surface area contributed by atoms with E-state index in [4.69, 9.17) is 0 Å². The minimum atomic E-state index is -2.99. The second-order valence-electron chi connectivity index (χ2n) is 6.37. The van der Waals surface area contributed by atoms with Crippen molar-refractivity contribution in [3.63, 3.8) is 0 Å². The van der Waals surface area contributed by atoms with E-state index in [1.165, 1.54) is 0 Å². The monoisotopic (exact) mass is 347 g/mol. The highest BCUT2D eigenvalue weighted by atomic mass is 32.2. The van der Waals surface area contributed by atoms with Crippen LogP contribution >= 0.6 is 0 Å². The maximum atomic E-state index is 12.5. The standard InChI is InChI=1S/C17H21N3O3S/c1-11-5-4-6-15(13(11)3)18-17(21)16-9-12(2)20(19-16)14-7-8-24(22,23)10-14/h4-6,9,14H,7-8,10H2,1-3H3,(H,18,21). The molecule has 0 spiro atoms. The van der Waals surface area contributed by atoms with Crippen molar-refractivity contribution in [2.24, 2.45) is 0 Å². The number of aromatic nitrogens is 2. The van der Waals surface area contributed by atoms with E-state index in [1.54, 1.807) is 10.7 Å². The Bertz CT molecular complexity index is 900. The van der Waals surface area contributed by atoms with Gasteiger partial charge in [0.2, 0.25) is 0 Å². The molecular weight excluding hydrogens is 326 g/mol. The molecule has 1 amide bonds. The van der Waals surface area contributed by atoms with Crippen LogP contribution in [0.2, 0.25) is 0 Å². The molecule has 1 N–H and O–H groups in total. The van der Waals surface area contributed by atoms with Crippen LogP contribution < -0.4 is 5.32 Å². The molecule has 1 aliphatic rings. The second kappa shape index (κ2) is 6.05. The van der Waals surface area contributed by atoms with Gasteiger partial charge in [0.05, 0.1) is 17.5 Å². The summed E-state index contributed by atoms with van der Waals surface area (Å²) in [6.07, 6.45) is 0.545. The first-order valence-corrected chi connectivity index (χ1v) is 9.73.